The van der Waals surface area contributed by atoms with Gasteiger partial charge in [-0.3, -0.25) is 19.8 Å². The first-order chi connectivity index (χ1) is 23.4. The number of hydrogen-bond donors (Lipinski definition) is 7. The Morgan fingerprint density at radius 3 is 2.48 bits per heavy atom. The van der Waals surface area contributed by atoms with Gasteiger partial charge in [-0.25, -0.2) is 18.6 Å². The van der Waals surface area contributed by atoms with Gasteiger partial charge in [0.2, 0.25) is 23.5 Å². The molecule has 1 fully saturated rings. The summed E-state index contributed by atoms with van der Waals surface area (Å²) in [5, 5.41) is 36.2. The molecule has 1 saturated heterocycles. The van der Waals surface area contributed by atoms with Crippen LogP contribution in [0.4, 0.5) is 21.4 Å². The van der Waals surface area contributed by atoms with Gasteiger partial charge in [0.25, 0.3) is 0 Å². The number of urea groups is 1. The van der Waals surface area contributed by atoms with Crippen molar-refractivity contribution in [2.45, 2.75) is 37.8 Å². The number of nitrogen functional groups attached to an aromatic ring is 2. The van der Waals surface area contributed by atoms with Gasteiger partial charge in [0.05, 0.1) is 29.7 Å². The number of nitrogens with zero attached hydrogens (tertiary/aromatic N) is 6. The summed E-state index contributed by atoms with van der Waals surface area (Å²) in [6.45, 7) is 2.99. The fraction of sp³-hybridized carbons (Fsp3) is 0.458. The lowest BCUT2D eigenvalue weighted by Crippen LogP contribution is -2.62. The number of carbonyl (C=O) groups excluding carboxylic acids is 3. The molecule has 2 aromatic heterocycles. The first-order valence-corrected chi connectivity index (χ1v) is 16.8. The number of fused-ring (bicyclic) bond motifs is 1. The van der Waals surface area contributed by atoms with Crippen molar-refractivity contribution < 1.29 is 62.1 Å². The van der Waals surface area contributed by atoms with Crippen molar-refractivity contribution >= 4 is 86.7 Å². The Balaban J connectivity index is 0.00000126. The summed E-state index contributed by atoms with van der Waals surface area (Å²) >= 11 is -0.823. The van der Waals surface area contributed by atoms with Crippen molar-refractivity contribution in [1.82, 2.24) is 24.3 Å². The van der Waals surface area contributed by atoms with E-state index < -0.39 is 70.0 Å². The van der Waals surface area contributed by atoms with Crippen LogP contribution in [0.15, 0.2) is 22.6 Å². The minimum Gasteiger partial charge on any atom is -0.750 e. The van der Waals surface area contributed by atoms with Crippen LogP contribution in [-0.4, -0.2) is 103 Å². The fourth-order valence-electron chi connectivity index (χ4n) is 4.39. The number of thioether (sulfide) groups is 1. The number of amides is 3. The van der Waals surface area contributed by atoms with Crippen molar-refractivity contribution in [3.05, 3.63) is 23.3 Å². The number of Topliss-reactive ketones (excluding diaryl/α,β-unsaturated/α-hetero) is 1. The maximum atomic E-state index is 13.3. The number of carbonyl (C=O) groups is 5. The molecule has 0 aliphatic carbocycles. The summed E-state index contributed by atoms with van der Waals surface area (Å²) in [5.74, 6) is -4.67. The number of oxime groups is 1. The summed E-state index contributed by atoms with van der Waals surface area (Å²) < 4.78 is 27.2. The number of rotatable bonds is 14. The number of nitrogens with two attached hydrogens (primary N) is 3. The molecule has 23 nitrogen and oxygen atoms in total. The number of nitrogens with one attached hydrogen (secondary N) is 2. The van der Waals surface area contributed by atoms with E-state index in [1.54, 1.807) is 11.7 Å². The number of aliphatic carboxylic acids is 2. The molecule has 4 heterocycles. The second kappa shape index (κ2) is 16.8. The van der Waals surface area contributed by atoms with E-state index in [2.05, 4.69) is 29.5 Å². The lowest BCUT2D eigenvalue weighted by atomic mass is 9.89. The van der Waals surface area contributed by atoms with Crippen molar-refractivity contribution in [3.8, 4) is 0 Å². The first kappa shape index (κ1) is 39.7. The van der Waals surface area contributed by atoms with Crippen LogP contribution in [0.5, 0.6) is 0 Å². The molecule has 2 aliphatic rings. The molecule has 274 valence electrons. The summed E-state index contributed by atoms with van der Waals surface area (Å²) in [5.41, 5.74) is 15.4. The zero-order chi connectivity index (χ0) is 37.5. The number of carboxylic acids is 2. The minimum atomic E-state index is -2.88. The molecule has 0 aromatic carbocycles. The van der Waals surface area contributed by atoms with E-state index in [0.717, 1.165) is 16.4 Å². The third-order valence-corrected chi connectivity index (χ3v) is 8.99. The van der Waals surface area contributed by atoms with E-state index >= 15 is 0 Å². The number of anilines is 3. The minimum absolute atomic E-state index is 0.0242. The van der Waals surface area contributed by atoms with E-state index in [1.807, 2.05) is 0 Å². The summed E-state index contributed by atoms with van der Waals surface area (Å²) in [7, 11) is 1.62. The van der Waals surface area contributed by atoms with Crippen LogP contribution in [0.25, 0.3) is 0 Å². The lowest BCUT2D eigenvalue weighted by Gasteiger charge is -2.49. The van der Waals surface area contributed by atoms with Gasteiger partial charge >= 0.3 is 18.0 Å². The summed E-state index contributed by atoms with van der Waals surface area (Å²) in [6, 6.07) is -0.516. The Labute approximate surface area is 293 Å². The Kier molecular flexibility index (Phi) is 13.3. The molecule has 4 rings (SSSR count). The van der Waals surface area contributed by atoms with E-state index in [4.69, 9.17) is 36.1 Å². The van der Waals surface area contributed by atoms with Gasteiger partial charge in [0, 0.05) is 42.4 Å². The van der Waals surface area contributed by atoms with Crippen LogP contribution in [-0.2, 0) is 53.3 Å². The Hall–Kier alpha value is -4.73. The number of β-lactam (4-membered cyclic amide) rings is 1. The lowest BCUT2D eigenvalue weighted by molar-refractivity contribution is -0.765. The molecule has 10 N–H and O–H groups in total. The van der Waals surface area contributed by atoms with Gasteiger partial charge in [-0.05, 0) is 13.8 Å². The topological polar surface area (TPSA) is 360 Å². The molecule has 1 unspecified atom stereocenters. The van der Waals surface area contributed by atoms with E-state index in [9.17, 15) is 34.2 Å². The van der Waals surface area contributed by atoms with E-state index in [0.29, 0.717) is 5.57 Å². The number of ketones is 1. The predicted molar refractivity (Wildman–Crippen MR) is 171 cm³/mol. The normalized spacial score (nSPS) is 17.9. The van der Waals surface area contributed by atoms with Gasteiger partial charge < -0.3 is 51.7 Å². The van der Waals surface area contributed by atoms with Crippen LogP contribution in [0.2, 0.25) is 0 Å². The highest BCUT2D eigenvalue weighted by atomic mass is 32.2. The van der Waals surface area contributed by atoms with Gasteiger partial charge in [-0.1, -0.05) is 5.16 Å². The second-order valence-electron chi connectivity index (χ2n) is 10.7. The zero-order valence-corrected chi connectivity index (χ0v) is 28.8. The van der Waals surface area contributed by atoms with Gasteiger partial charge in [0.1, 0.15) is 5.70 Å². The smallest absolute Gasteiger partial charge is 0.352 e. The SMILES string of the molecule is Cn1c(N)c(NC(=O)NCCN)c[n+]1CC1=C(C(=O)O)N2C(=O)[C@@H](CC(=O)/C(=N\OC(C)(C)C(=O)O)c3nsc(N)n3)[C@H]2SC1.O=S([O-])O[O-]. The maximum Gasteiger partial charge on any atom is 0.352 e. The van der Waals surface area contributed by atoms with Gasteiger partial charge in [0.15, 0.2) is 34.7 Å². The average Bonchev–Trinajstić information content (AvgIpc) is 3.60. The molecule has 3 atom stereocenters. The number of carboxylic acid groups (broad SMARTS) is 2. The quantitative estimate of drug-likeness (QED) is 0.0246. The largest absolute Gasteiger partial charge is 0.750 e. The van der Waals surface area contributed by atoms with Crippen molar-refractivity contribution in [2.75, 3.05) is 35.6 Å². The van der Waals surface area contributed by atoms with Crippen LogP contribution in [0.1, 0.15) is 26.1 Å². The number of hydrogen-bond acceptors (Lipinski definition) is 18. The third-order valence-electron chi connectivity index (χ3n) is 6.94. The molecule has 3 amide bonds. The van der Waals surface area contributed by atoms with Crippen molar-refractivity contribution in [1.29, 1.82) is 0 Å². The molecule has 2 aromatic rings. The molecule has 50 heavy (non-hydrogen) atoms. The first-order valence-electron chi connectivity index (χ1n) is 13.9. The zero-order valence-electron chi connectivity index (χ0n) is 26.4. The van der Waals surface area contributed by atoms with Crippen molar-refractivity contribution in [2.24, 2.45) is 23.9 Å². The van der Waals surface area contributed by atoms with Gasteiger partial charge in [-0.15, -0.1) is 21.1 Å². The van der Waals surface area contributed by atoms with Crippen LogP contribution in [0.3, 0.4) is 0 Å². The standard InChI is InChI=1S/C24H31N11O8S2.H2O4S/c1-24(2,21(40)41)43-31-14(17-30-22(27)45-32-17)13(36)6-11-18(37)35-15(20(38)39)10(9-44-19(11)35)7-34-8-12(16(26)33(34)3)29-23(42)28-5-4-25;1-4-5(2)3/h8,11,19,26H,4-7,9,25H2,1-3H3,(H6,27,28,29,30,32,38,39,40,41,42);1H,(H,2,3)/p-1/b31-14+;/t11-,19-;/m1./s1. The average molecular weight is 763 g/mol. The fourth-order valence-corrected chi connectivity index (χ4v) is 6.23. The summed E-state index contributed by atoms with van der Waals surface area (Å²) in [6.07, 6.45) is 1.14. The van der Waals surface area contributed by atoms with E-state index in [1.165, 1.54) is 36.5 Å². The van der Waals surface area contributed by atoms with E-state index in [-0.39, 0.29) is 53.5 Å². The molecule has 0 radical (unpaired) electrons. The second-order valence-corrected chi connectivity index (χ2v) is 13.1. The molecular formula is C24H32N11O12S3-. The maximum absolute atomic E-state index is 13.3. The predicted octanol–water partition coefficient (Wildman–Crippen LogP) is -3.41. The third kappa shape index (κ3) is 9.28. The Morgan fingerprint density at radius 1 is 1.28 bits per heavy atom. The highest BCUT2D eigenvalue weighted by Gasteiger charge is 2.54. The summed E-state index contributed by atoms with van der Waals surface area (Å²) in [4.78, 5) is 72.8. The Morgan fingerprint density at radius 2 is 1.94 bits per heavy atom. The van der Waals surface area contributed by atoms with Crippen LogP contribution >= 0.6 is 23.3 Å². The molecule has 0 spiro atoms. The Bertz CT molecular complexity index is 1740. The molecule has 0 saturated carbocycles. The monoisotopic (exact) mass is 762 g/mol. The molecule has 2 aliphatic heterocycles. The van der Waals surface area contributed by atoms with Crippen molar-refractivity contribution in [3.63, 3.8) is 0 Å². The number of aromatic nitrogens is 4. The highest BCUT2D eigenvalue weighted by molar-refractivity contribution is 8.00. The van der Waals surface area contributed by atoms with Crippen LogP contribution < -0.4 is 37.8 Å². The molecule has 26 heteroatoms. The molecule has 0 bridgehead atoms. The van der Waals surface area contributed by atoms with Crippen LogP contribution in [0, 0.1) is 5.92 Å². The van der Waals surface area contributed by atoms with Gasteiger partial charge in [-0.2, -0.15) is 9.36 Å². The molecular weight excluding hydrogens is 731 g/mol. The highest BCUT2D eigenvalue weighted by Crippen LogP contribution is 2.45.